The molecule has 1 amide bonds. The molecule has 0 saturated heterocycles. The molecular weight excluding hydrogens is 200 g/mol. The molecule has 0 rings (SSSR count). The van der Waals surface area contributed by atoms with E-state index in [0.717, 1.165) is 6.42 Å². The summed E-state index contributed by atoms with van der Waals surface area (Å²) in [4.78, 5) is 11.6. The van der Waals surface area contributed by atoms with Crippen molar-refractivity contribution in [3.63, 3.8) is 0 Å². The summed E-state index contributed by atoms with van der Waals surface area (Å²) in [5.41, 5.74) is -0.00269. The zero-order valence-electron chi connectivity index (χ0n) is 11.7. The van der Waals surface area contributed by atoms with Gasteiger partial charge in [0, 0.05) is 11.6 Å². The Balaban J connectivity index is 3.79. The molecule has 2 unspecified atom stereocenters. The van der Waals surface area contributed by atoms with Crippen LogP contribution in [-0.4, -0.2) is 24.0 Å². The molecule has 0 aliphatic carbocycles. The molecule has 0 radical (unpaired) electrons. The van der Waals surface area contributed by atoms with E-state index in [4.69, 9.17) is 0 Å². The van der Waals surface area contributed by atoms with E-state index in [1.807, 2.05) is 0 Å². The number of hydrogen-bond donors (Lipinski definition) is 2. The third-order valence-corrected chi connectivity index (χ3v) is 2.64. The maximum atomic E-state index is 11.6. The molecule has 0 aromatic heterocycles. The van der Waals surface area contributed by atoms with Gasteiger partial charge in [-0.25, -0.2) is 0 Å². The highest BCUT2D eigenvalue weighted by Crippen LogP contribution is 2.09. The van der Waals surface area contributed by atoms with Crippen molar-refractivity contribution in [2.45, 2.75) is 66.0 Å². The number of amides is 1. The van der Waals surface area contributed by atoms with Gasteiger partial charge in [0.05, 0.1) is 6.54 Å². The molecule has 0 heterocycles. The second-order valence-corrected chi connectivity index (χ2v) is 5.82. The Morgan fingerprint density at radius 1 is 1.25 bits per heavy atom. The molecule has 3 nitrogen and oxygen atoms in total. The molecule has 0 spiro atoms. The number of rotatable bonds is 6. The highest BCUT2D eigenvalue weighted by atomic mass is 16.1. The normalized spacial score (nSPS) is 15.6. The monoisotopic (exact) mass is 228 g/mol. The van der Waals surface area contributed by atoms with Gasteiger partial charge in [-0.15, -0.1) is 0 Å². The number of carbonyl (C=O) groups excluding carboxylic acids is 1. The van der Waals surface area contributed by atoms with Crippen LogP contribution in [0.1, 0.15) is 54.4 Å². The van der Waals surface area contributed by atoms with Crippen molar-refractivity contribution in [3.8, 4) is 0 Å². The molecular formula is C13H28N2O. The second kappa shape index (κ2) is 6.89. The highest BCUT2D eigenvalue weighted by Gasteiger charge is 2.13. The summed E-state index contributed by atoms with van der Waals surface area (Å²) in [7, 11) is 0. The van der Waals surface area contributed by atoms with Gasteiger partial charge in [-0.2, -0.15) is 0 Å². The lowest BCUT2D eigenvalue weighted by atomic mass is 10.0. The largest absolute Gasteiger partial charge is 0.353 e. The smallest absolute Gasteiger partial charge is 0.234 e. The molecule has 2 atom stereocenters. The molecule has 3 heteroatoms. The van der Waals surface area contributed by atoms with Crippen LogP contribution >= 0.6 is 0 Å². The summed E-state index contributed by atoms with van der Waals surface area (Å²) >= 11 is 0. The van der Waals surface area contributed by atoms with Gasteiger partial charge in [-0.05, 0) is 40.0 Å². The van der Waals surface area contributed by atoms with Gasteiger partial charge in [0.15, 0.2) is 0 Å². The first-order valence-corrected chi connectivity index (χ1v) is 6.29. The van der Waals surface area contributed by atoms with Gasteiger partial charge in [0.1, 0.15) is 0 Å². The summed E-state index contributed by atoms with van der Waals surface area (Å²) in [6, 6.07) is 0.268. The predicted octanol–water partition coefficient (Wildman–Crippen LogP) is 2.32. The van der Waals surface area contributed by atoms with Crippen molar-refractivity contribution in [3.05, 3.63) is 0 Å². The fraction of sp³-hybridized carbons (Fsp3) is 0.923. The maximum Gasteiger partial charge on any atom is 0.234 e. The lowest BCUT2D eigenvalue weighted by Gasteiger charge is -2.22. The molecule has 96 valence electrons. The van der Waals surface area contributed by atoms with E-state index in [2.05, 4.69) is 52.2 Å². The van der Waals surface area contributed by atoms with Crippen LogP contribution in [0.3, 0.4) is 0 Å². The van der Waals surface area contributed by atoms with Crippen molar-refractivity contribution >= 4 is 5.91 Å². The summed E-state index contributed by atoms with van der Waals surface area (Å²) < 4.78 is 0. The van der Waals surface area contributed by atoms with E-state index < -0.39 is 0 Å². The summed E-state index contributed by atoms with van der Waals surface area (Å²) in [5, 5.41) is 6.20. The van der Waals surface area contributed by atoms with E-state index in [1.54, 1.807) is 0 Å². The average Bonchev–Trinajstić information content (AvgIpc) is 2.13. The average molecular weight is 228 g/mol. The molecule has 0 aliphatic heterocycles. The standard InChI is InChI=1S/C13H28N2O/c1-7-10(2)8-11(3)15-12(16)9-14-13(4,5)6/h10-11,14H,7-9H2,1-6H3,(H,15,16). The Kier molecular flexibility index (Phi) is 6.65. The van der Waals surface area contributed by atoms with Crippen LogP contribution in [0, 0.1) is 5.92 Å². The zero-order chi connectivity index (χ0) is 12.8. The van der Waals surface area contributed by atoms with E-state index in [0.29, 0.717) is 12.5 Å². The van der Waals surface area contributed by atoms with Crippen molar-refractivity contribution in [1.82, 2.24) is 10.6 Å². The molecule has 16 heavy (non-hydrogen) atoms. The van der Waals surface area contributed by atoms with E-state index in [1.165, 1.54) is 6.42 Å². The summed E-state index contributed by atoms with van der Waals surface area (Å²) in [6.07, 6.45) is 2.22. The fourth-order valence-electron chi connectivity index (χ4n) is 1.50. The predicted molar refractivity (Wildman–Crippen MR) is 69.4 cm³/mol. The third-order valence-electron chi connectivity index (χ3n) is 2.64. The molecule has 0 bridgehead atoms. The highest BCUT2D eigenvalue weighted by molar-refractivity contribution is 5.78. The molecule has 0 saturated carbocycles. The Bertz CT molecular complexity index is 208. The first-order valence-electron chi connectivity index (χ1n) is 6.29. The lowest BCUT2D eigenvalue weighted by Crippen LogP contribution is -2.45. The molecule has 0 aromatic rings. The van der Waals surface area contributed by atoms with Crippen LogP contribution in [-0.2, 0) is 4.79 Å². The number of carbonyl (C=O) groups is 1. The first-order chi connectivity index (χ1) is 7.24. The van der Waals surface area contributed by atoms with Crippen LogP contribution in [0.25, 0.3) is 0 Å². The molecule has 0 fully saturated rings. The van der Waals surface area contributed by atoms with Crippen molar-refractivity contribution in [1.29, 1.82) is 0 Å². The van der Waals surface area contributed by atoms with E-state index in [9.17, 15) is 4.79 Å². The van der Waals surface area contributed by atoms with Crippen molar-refractivity contribution in [2.24, 2.45) is 5.92 Å². The second-order valence-electron chi connectivity index (χ2n) is 5.82. The molecule has 0 aromatic carbocycles. The molecule has 0 aliphatic rings. The molecule has 2 N–H and O–H groups in total. The van der Waals surface area contributed by atoms with Crippen LogP contribution in [0.4, 0.5) is 0 Å². The van der Waals surface area contributed by atoms with Crippen LogP contribution in [0.15, 0.2) is 0 Å². The van der Waals surface area contributed by atoms with Crippen LogP contribution < -0.4 is 10.6 Å². The minimum Gasteiger partial charge on any atom is -0.353 e. The van der Waals surface area contributed by atoms with Crippen LogP contribution in [0.5, 0.6) is 0 Å². The number of hydrogen-bond acceptors (Lipinski definition) is 2. The van der Waals surface area contributed by atoms with Crippen LogP contribution in [0.2, 0.25) is 0 Å². The Hall–Kier alpha value is -0.570. The Morgan fingerprint density at radius 2 is 1.81 bits per heavy atom. The number of nitrogens with one attached hydrogen (secondary N) is 2. The van der Waals surface area contributed by atoms with Gasteiger partial charge < -0.3 is 10.6 Å². The lowest BCUT2D eigenvalue weighted by molar-refractivity contribution is -0.121. The zero-order valence-corrected chi connectivity index (χ0v) is 11.7. The Labute approximate surface area is 100 Å². The minimum absolute atomic E-state index is 0.00269. The fourth-order valence-corrected chi connectivity index (χ4v) is 1.50. The van der Waals surface area contributed by atoms with Gasteiger partial charge in [0.25, 0.3) is 0 Å². The Morgan fingerprint density at radius 3 is 2.25 bits per heavy atom. The van der Waals surface area contributed by atoms with Crippen molar-refractivity contribution < 1.29 is 4.79 Å². The first kappa shape index (κ1) is 15.4. The van der Waals surface area contributed by atoms with Gasteiger partial charge >= 0.3 is 0 Å². The van der Waals surface area contributed by atoms with E-state index in [-0.39, 0.29) is 17.5 Å². The summed E-state index contributed by atoms with van der Waals surface area (Å²) in [6.45, 7) is 13.0. The third kappa shape index (κ3) is 8.72. The quantitative estimate of drug-likeness (QED) is 0.732. The summed E-state index contributed by atoms with van der Waals surface area (Å²) in [5.74, 6) is 0.761. The topological polar surface area (TPSA) is 41.1 Å². The SMILES string of the molecule is CCC(C)CC(C)NC(=O)CNC(C)(C)C. The maximum absolute atomic E-state index is 11.6. The van der Waals surface area contributed by atoms with Gasteiger partial charge in [-0.1, -0.05) is 20.3 Å². The van der Waals surface area contributed by atoms with E-state index >= 15 is 0 Å². The van der Waals surface area contributed by atoms with Crippen molar-refractivity contribution in [2.75, 3.05) is 6.54 Å². The van der Waals surface area contributed by atoms with Gasteiger partial charge in [-0.3, -0.25) is 4.79 Å². The van der Waals surface area contributed by atoms with Gasteiger partial charge in [0.2, 0.25) is 5.91 Å². The minimum atomic E-state index is -0.00269.